The zero-order chi connectivity index (χ0) is 14.4. The van der Waals surface area contributed by atoms with Gasteiger partial charge in [0.2, 0.25) is 0 Å². The second-order valence-electron chi connectivity index (χ2n) is 4.89. The molecule has 2 rings (SSSR count). The minimum absolute atomic E-state index is 0.628. The molecule has 0 aromatic heterocycles. The number of hydrogen-bond acceptors (Lipinski definition) is 2. The Bertz CT molecular complexity index is 597. The third-order valence-corrected chi connectivity index (χ3v) is 2.72. The molecule has 0 aliphatic carbocycles. The molecular formula is C18H19NO. The third-order valence-electron chi connectivity index (χ3n) is 2.72. The van der Waals surface area contributed by atoms with Gasteiger partial charge < -0.3 is 4.74 Å². The summed E-state index contributed by atoms with van der Waals surface area (Å²) in [6.07, 6.45) is 0.628. The largest absolute Gasteiger partial charge is 0.443 e. The van der Waals surface area contributed by atoms with E-state index in [1.807, 2.05) is 61.5 Å². The van der Waals surface area contributed by atoms with Crippen LogP contribution in [0.25, 0.3) is 0 Å². The van der Waals surface area contributed by atoms with Gasteiger partial charge in [0.15, 0.2) is 5.90 Å². The SMILES string of the molecule is C=C(C)CC(=Nc1ccc(C)cc1)Oc1ccccc1. The molecule has 2 aromatic rings. The quantitative estimate of drug-likeness (QED) is 0.429. The van der Waals surface area contributed by atoms with Gasteiger partial charge in [-0.2, -0.15) is 0 Å². The maximum atomic E-state index is 5.85. The summed E-state index contributed by atoms with van der Waals surface area (Å²) in [7, 11) is 0. The fourth-order valence-corrected chi connectivity index (χ4v) is 1.74. The molecule has 0 heterocycles. The Balaban J connectivity index is 2.22. The van der Waals surface area contributed by atoms with Gasteiger partial charge in [-0.3, -0.25) is 0 Å². The van der Waals surface area contributed by atoms with Gasteiger partial charge in [0.05, 0.1) is 5.69 Å². The molecule has 2 nitrogen and oxygen atoms in total. The van der Waals surface area contributed by atoms with E-state index in [-0.39, 0.29) is 0 Å². The normalized spacial score (nSPS) is 11.2. The summed E-state index contributed by atoms with van der Waals surface area (Å²) in [4.78, 5) is 4.57. The maximum absolute atomic E-state index is 5.85. The van der Waals surface area contributed by atoms with E-state index in [1.165, 1.54) is 5.56 Å². The highest BCUT2D eigenvalue weighted by Gasteiger charge is 2.04. The van der Waals surface area contributed by atoms with E-state index in [0.717, 1.165) is 17.0 Å². The highest BCUT2D eigenvalue weighted by atomic mass is 16.5. The number of nitrogens with zero attached hydrogens (tertiary/aromatic N) is 1. The molecular weight excluding hydrogens is 246 g/mol. The van der Waals surface area contributed by atoms with Crippen LogP contribution in [0.2, 0.25) is 0 Å². The first-order chi connectivity index (χ1) is 9.63. The van der Waals surface area contributed by atoms with E-state index in [9.17, 15) is 0 Å². The first kappa shape index (κ1) is 14.1. The number of aliphatic imine (C=N–C) groups is 1. The third kappa shape index (κ3) is 4.39. The molecule has 0 radical (unpaired) electrons. The lowest BCUT2D eigenvalue weighted by molar-refractivity contribution is 0.538. The molecule has 0 bridgehead atoms. The number of ether oxygens (including phenoxy) is 1. The van der Waals surface area contributed by atoms with E-state index in [0.29, 0.717) is 12.3 Å². The lowest BCUT2D eigenvalue weighted by Gasteiger charge is -2.09. The summed E-state index contributed by atoms with van der Waals surface area (Å²) in [5, 5.41) is 0. The Morgan fingerprint density at radius 3 is 2.30 bits per heavy atom. The summed E-state index contributed by atoms with van der Waals surface area (Å²) in [6.45, 7) is 7.96. The van der Waals surface area contributed by atoms with Crippen LogP contribution in [-0.4, -0.2) is 5.90 Å². The average Bonchev–Trinajstić information content (AvgIpc) is 2.42. The predicted molar refractivity (Wildman–Crippen MR) is 84.8 cm³/mol. The summed E-state index contributed by atoms with van der Waals surface area (Å²) in [6, 6.07) is 17.7. The number of rotatable bonds is 4. The maximum Gasteiger partial charge on any atom is 0.199 e. The summed E-state index contributed by atoms with van der Waals surface area (Å²) >= 11 is 0. The highest BCUT2D eigenvalue weighted by Crippen LogP contribution is 2.17. The molecule has 0 saturated carbocycles. The van der Waals surface area contributed by atoms with Gasteiger partial charge in [0, 0.05) is 6.42 Å². The Labute approximate surface area is 120 Å². The fourth-order valence-electron chi connectivity index (χ4n) is 1.74. The number of aryl methyl sites for hydroxylation is 1. The second-order valence-corrected chi connectivity index (χ2v) is 4.89. The number of benzene rings is 2. The van der Waals surface area contributed by atoms with Crippen molar-refractivity contribution in [3.8, 4) is 5.75 Å². The first-order valence-corrected chi connectivity index (χ1v) is 6.65. The van der Waals surface area contributed by atoms with Gasteiger partial charge in [0.25, 0.3) is 0 Å². The minimum Gasteiger partial charge on any atom is -0.443 e. The molecule has 0 amide bonds. The van der Waals surface area contributed by atoms with Gasteiger partial charge in [-0.15, -0.1) is 0 Å². The van der Waals surface area contributed by atoms with E-state index in [1.54, 1.807) is 0 Å². The van der Waals surface area contributed by atoms with Gasteiger partial charge in [-0.25, -0.2) is 4.99 Å². The van der Waals surface area contributed by atoms with Crippen molar-refractivity contribution in [1.29, 1.82) is 0 Å². The van der Waals surface area contributed by atoms with Crippen molar-refractivity contribution in [2.45, 2.75) is 20.3 Å². The number of para-hydroxylation sites is 1. The van der Waals surface area contributed by atoms with Gasteiger partial charge >= 0.3 is 0 Å². The minimum atomic E-state index is 0.628. The van der Waals surface area contributed by atoms with Crippen molar-refractivity contribution in [3.63, 3.8) is 0 Å². The van der Waals surface area contributed by atoms with Gasteiger partial charge in [-0.1, -0.05) is 48.0 Å². The smallest absolute Gasteiger partial charge is 0.199 e. The first-order valence-electron chi connectivity index (χ1n) is 6.65. The van der Waals surface area contributed by atoms with Crippen LogP contribution in [-0.2, 0) is 0 Å². The van der Waals surface area contributed by atoms with Crippen molar-refractivity contribution in [3.05, 3.63) is 72.3 Å². The molecule has 0 saturated heterocycles. The Morgan fingerprint density at radius 2 is 1.70 bits per heavy atom. The lowest BCUT2D eigenvalue weighted by Crippen LogP contribution is -2.08. The van der Waals surface area contributed by atoms with Crippen LogP contribution in [0.5, 0.6) is 5.75 Å². The fraction of sp³-hybridized carbons (Fsp3) is 0.167. The molecule has 0 aliphatic heterocycles. The van der Waals surface area contributed by atoms with Crippen LogP contribution < -0.4 is 4.74 Å². The van der Waals surface area contributed by atoms with E-state index >= 15 is 0 Å². The average molecular weight is 265 g/mol. The van der Waals surface area contributed by atoms with Crippen LogP contribution in [0, 0.1) is 6.92 Å². The van der Waals surface area contributed by atoms with Crippen molar-refractivity contribution >= 4 is 11.6 Å². The Kier molecular flexibility index (Phi) is 4.72. The van der Waals surface area contributed by atoms with Crippen molar-refractivity contribution < 1.29 is 4.74 Å². The van der Waals surface area contributed by atoms with Crippen molar-refractivity contribution in [1.82, 2.24) is 0 Å². The van der Waals surface area contributed by atoms with Gasteiger partial charge in [0.1, 0.15) is 5.75 Å². The lowest BCUT2D eigenvalue weighted by atomic mass is 10.2. The standard InChI is InChI=1S/C18H19NO/c1-14(2)13-18(20-17-7-5-4-6-8-17)19-16-11-9-15(3)10-12-16/h4-12H,1,13H2,2-3H3. The predicted octanol–water partition coefficient (Wildman–Crippen LogP) is 5.07. The molecule has 0 N–H and O–H groups in total. The topological polar surface area (TPSA) is 21.6 Å². The van der Waals surface area contributed by atoms with Crippen LogP contribution in [0.3, 0.4) is 0 Å². The molecule has 20 heavy (non-hydrogen) atoms. The zero-order valence-electron chi connectivity index (χ0n) is 12.0. The van der Waals surface area contributed by atoms with E-state index in [4.69, 9.17) is 4.74 Å². The molecule has 2 heteroatoms. The highest BCUT2D eigenvalue weighted by molar-refractivity contribution is 5.83. The molecule has 0 aliphatic rings. The van der Waals surface area contributed by atoms with Crippen LogP contribution >= 0.6 is 0 Å². The summed E-state index contributed by atoms with van der Waals surface area (Å²) < 4.78 is 5.85. The molecule has 0 fully saturated rings. The van der Waals surface area contributed by atoms with Crippen LogP contribution in [0.4, 0.5) is 5.69 Å². The number of hydrogen-bond donors (Lipinski definition) is 0. The van der Waals surface area contributed by atoms with E-state index in [2.05, 4.69) is 18.5 Å². The molecule has 0 atom stereocenters. The van der Waals surface area contributed by atoms with Crippen molar-refractivity contribution in [2.24, 2.45) is 4.99 Å². The second kappa shape index (κ2) is 6.71. The molecule has 102 valence electrons. The molecule has 0 unspecified atom stereocenters. The Hall–Kier alpha value is -2.35. The molecule has 2 aromatic carbocycles. The van der Waals surface area contributed by atoms with Crippen molar-refractivity contribution in [2.75, 3.05) is 0 Å². The van der Waals surface area contributed by atoms with E-state index < -0.39 is 0 Å². The Morgan fingerprint density at radius 1 is 1.05 bits per heavy atom. The van der Waals surface area contributed by atoms with Crippen LogP contribution in [0.15, 0.2) is 71.7 Å². The summed E-state index contributed by atoms with van der Waals surface area (Å²) in [5.41, 5.74) is 3.13. The van der Waals surface area contributed by atoms with Crippen LogP contribution in [0.1, 0.15) is 18.9 Å². The monoisotopic (exact) mass is 265 g/mol. The zero-order valence-corrected chi connectivity index (χ0v) is 12.0. The van der Waals surface area contributed by atoms with Gasteiger partial charge in [-0.05, 0) is 38.1 Å². The molecule has 0 spiro atoms. The summed E-state index contributed by atoms with van der Waals surface area (Å²) in [5.74, 6) is 1.45.